The number of rotatable bonds is 4. The average Bonchev–Trinajstić information content (AvgIpc) is 3.19. The number of carbonyl (C=O) groups is 1. The molecule has 3 nitrogen and oxygen atoms in total. The van der Waals surface area contributed by atoms with Gasteiger partial charge in [0.1, 0.15) is 5.01 Å². The van der Waals surface area contributed by atoms with Crippen molar-refractivity contribution in [2.24, 2.45) is 0 Å². The van der Waals surface area contributed by atoms with Gasteiger partial charge in [0.05, 0.1) is 11.3 Å². The van der Waals surface area contributed by atoms with Crippen LogP contribution in [0.15, 0.2) is 84.2 Å². The number of hydrogen-bond donors (Lipinski definition) is 1. The molecule has 0 unspecified atom stereocenters. The molecule has 26 heavy (non-hydrogen) atoms. The molecule has 0 aliphatic carbocycles. The molecule has 0 aliphatic heterocycles. The first-order chi connectivity index (χ1) is 12.7. The maximum Gasteiger partial charge on any atom is 0.336 e. The first-order valence-electron chi connectivity index (χ1n) is 8.16. The van der Waals surface area contributed by atoms with Crippen LogP contribution in [0.4, 0.5) is 0 Å². The van der Waals surface area contributed by atoms with Gasteiger partial charge in [0.15, 0.2) is 0 Å². The second-order valence-corrected chi connectivity index (χ2v) is 6.69. The van der Waals surface area contributed by atoms with Gasteiger partial charge in [-0.3, -0.25) is 0 Å². The van der Waals surface area contributed by atoms with Gasteiger partial charge in [-0.1, -0.05) is 66.7 Å². The summed E-state index contributed by atoms with van der Waals surface area (Å²) in [7, 11) is 0. The molecule has 1 aromatic heterocycles. The summed E-state index contributed by atoms with van der Waals surface area (Å²) < 4.78 is 0. The number of carboxylic acid groups (broad SMARTS) is 1. The fourth-order valence-electron chi connectivity index (χ4n) is 2.89. The Bertz CT molecular complexity index is 1070. The van der Waals surface area contributed by atoms with Gasteiger partial charge in [-0.05, 0) is 23.3 Å². The molecule has 3 aromatic carbocycles. The number of thiazole rings is 1. The molecule has 4 rings (SSSR count). The second-order valence-electron chi connectivity index (χ2n) is 5.84. The lowest BCUT2D eigenvalue weighted by atomic mass is 9.97. The lowest BCUT2D eigenvalue weighted by Crippen LogP contribution is -1.99. The molecular formula is C22H15NO2S. The van der Waals surface area contributed by atoms with E-state index in [-0.39, 0.29) is 0 Å². The molecular weight excluding hydrogens is 342 g/mol. The molecule has 0 saturated carbocycles. The maximum atomic E-state index is 11.5. The summed E-state index contributed by atoms with van der Waals surface area (Å²) in [4.78, 5) is 16.2. The van der Waals surface area contributed by atoms with Crippen LogP contribution in [-0.4, -0.2) is 16.1 Å². The number of hydrogen-bond acceptors (Lipinski definition) is 3. The van der Waals surface area contributed by atoms with Crippen LogP contribution >= 0.6 is 11.3 Å². The van der Waals surface area contributed by atoms with Crippen LogP contribution in [0.1, 0.15) is 10.4 Å². The standard InChI is InChI=1S/C22H15NO2S/c24-22(25)19-12-5-4-11-18(19)16-9-6-10-17(13-16)20-14-26-21(23-20)15-7-2-1-3-8-15/h1-14H,(H,24,25). The first kappa shape index (κ1) is 16.2. The smallest absolute Gasteiger partial charge is 0.336 e. The Morgan fingerprint density at radius 2 is 1.50 bits per heavy atom. The molecule has 0 aliphatic rings. The fourth-order valence-corrected chi connectivity index (χ4v) is 3.72. The summed E-state index contributed by atoms with van der Waals surface area (Å²) in [5.74, 6) is -0.925. The molecule has 0 radical (unpaired) electrons. The highest BCUT2D eigenvalue weighted by Gasteiger charge is 2.12. The van der Waals surface area contributed by atoms with E-state index >= 15 is 0 Å². The Hall–Kier alpha value is -3.24. The van der Waals surface area contributed by atoms with Crippen LogP contribution in [0.2, 0.25) is 0 Å². The molecule has 4 aromatic rings. The van der Waals surface area contributed by atoms with Crippen molar-refractivity contribution in [3.63, 3.8) is 0 Å². The van der Waals surface area contributed by atoms with Crippen LogP contribution in [-0.2, 0) is 0 Å². The summed E-state index contributed by atoms with van der Waals surface area (Å²) in [5.41, 5.74) is 4.84. The van der Waals surface area contributed by atoms with E-state index in [1.165, 1.54) is 0 Å². The maximum absolute atomic E-state index is 11.5. The van der Waals surface area contributed by atoms with Crippen molar-refractivity contribution in [3.8, 4) is 33.0 Å². The van der Waals surface area contributed by atoms with Crippen LogP contribution in [0.3, 0.4) is 0 Å². The van der Waals surface area contributed by atoms with Crippen LogP contribution in [0.5, 0.6) is 0 Å². The number of aromatic nitrogens is 1. The van der Waals surface area contributed by atoms with Crippen molar-refractivity contribution in [1.82, 2.24) is 4.98 Å². The minimum atomic E-state index is -0.925. The molecule has 0 amide bonds. The highest BCUT2D eigenvalue weighted by Crippen LogP contribution is 2.32. The highest BCUT2D eigenvalue weighted by atomic mass is 32.1. The minimum absolute atomic E-state index is 0.299. The number of aromatic carboxylic acids is 1. The predicted molar refractivity (Wildman–Crippen MR) is 105 cm³/mol. The highest BCUT2D eigenvalue weighted by molar-refractivity contribution is 7.13. The molecule has 0 spiro atoms. The van der Waals surface area contributed by atoms with E-state index in [0.717, 1.165) is 27.4 Å². The fraction of sp³-hybridized carbons (Fsp3) is 0. The average molecular weight is 357 g/mol. The van der Waals surface area contributed by atoms with Gasteiger partial charge in [0.25, 0.3) is 0 Å². The molecule has 126 valence electrons. The molecule has 0 atom stereocenters. The summed E-state index contributed by atoms with van der Waals surface area (Å²) in [5, 5.41) is 12.4. The van der Waals surface area contributed by atoms with E-state index in [9.17, 15) is 9.90 Å². The zero-order chi connectivity index (χ0) is 17.9. The quantitative estimate of drug-likeness (QED) is 0.499. The Morgan fingerprint density at radius 3 is 2.31 bits per heavy atom. The van der Waals surface area contributed by atoms with Gasteiger partial charge in [0.2, 0.25) is 0 Å². The van der Waals surface area contributed by atoms with E-state index < -0.39 is 5.97 Å². The van der Waals surface area contributed by atoms with E-state index in [4.69, 9.17) is 4.98 Å². The second kappa shape index (κ2) is 6.94. The lowest BCUT2D eigenvalue weighted by molar-refractivity contribution is 0.0697. The Morgan fingerprint density at radius 1 is 0.808 bits per heavy atom. The predicted octanol–water partition coefficient (Wildman–Crippen LogP) is 5.84. The number of benzene rings is 3. The van der Waals surface area contributed by atoms with Crippen LogP contribution < -0.4 is 0 Å². The normalized spacial score (nSPS) is 10.6. The Balaban J connectivity index is 1.74. The molecule has 0 bridgehead atoms. The van der Waals surface area contributed by atoms with Crippen molar-refractivity contribution in [2.75, 3.05) is 0 Å². The van der Waals surface area contributed by atoms with Gasteiger partial charge in [-0.15, -0.1) is 11.3 Å². The minimum Gasteiger partial charge on any atom is -0.478 e. The Labute approximate surface area is 155 Å². The summed E-state index contributed by atoms with van der Waals surface area (Å²) in [6.07, 6.45) is 0. The van der Waals surface area contributed by atoms with Crippen molar-refractivity contribution in [1.29, 1.82) is 0 Å². The topological polar surface area (TPSA) is 50.2 Å². The van der Waals surface area contributed by atoms with E-state index in [0.29, 0.717) is 11.1 Å². The van der Waals surface area contributed by atoms with Gasteiger partial charge in [0, 0.05) is 16.5 Å². The van der Waals surface area contributed by atoms with Crippen molar-refractivity contribution >= 4 is 17.3 Å². The van der Waals surface area contributed by atoms with Crippen molar-refractivity contribution < 1.29 is 9.90 Å². The summed E-state index contributed by atoms with van der Waals surface area (Å²) >= 11 is 1.60. The molecule has 1 heterocycles. The van der Waals surface area contributed by atoms with Crippen molar-refractivity contribution in [2.45, 2.75) is 0 Å². The summed E-state index contributed by atoms with van der Waals surface area (Å²) in [6, 6.07) is 25.0. The van der Waals surface area contributed by atoms with E-state index in [2.05, 4.69) is 0 Å². The third-order valence-corrected chi connectivity index (χ3v) is 5.04. The van der Waals surface area contributed by atoms with Gasteiger partial charge >= 0.3 is 5.97 Å². The monoisotopic (exact) mass is 357 g/mol. The molecule has 4 heteroatoms. The zero-order valence-corrected chi connectivity index (χ0v) is 14.6. The van der Waals surface area contributed by atoms with Gasteiger partial charge in [-0.25, -0.2) is 9.78 Å². The lowest BCUT2D eigenvalue weighted by Gasteiger charge is -2.07. The Kier molecular flexibility index (Phi) is 4.33. The van der Waals surface area contributed by atoms with Crippen LogP contribution in [0.25, 0.3) is 33.0 Å². The van der Waals surface area contributed by atoms with Gasteiger partial charge in [-0.2, -0.15) is 0 Å². The number of nitrogens with zero attached hydrogens (tertiary/aromatic N) is 1. The molecule has 1 N–H and O–H groups in total. The summed E-state index contributed by atoms with van der Waals surface area (Å²) in [6.45, 7) is 0. The zero-order valence-electron chi connectivity index (χ0n) is 13.8. The first-order valence-corrected chi connectivity index (χ1v) is 9.04. The molecule has 0 fully saturated rings. The molecule has 0 saturated heterocycles. The van der Waals surface area contributed by atoms with Gasteiger partial charge < -0.3 is 5.11 Å². The SMILES string of the molecule is O=C(O)c1ccccc1-c1cccc(-c2csc(-c3ccccc3)n2)c1. The van der Waals surface area contributed by atoms with E-state index in [1.807, 2.05) is 72.1 Å². The number of carboxylic acids is 1. The van der Waals surface area contributed by atoms with E-state index in [1.54, 1.807) is 23.5 Å². The van der Waals surface area contributed by atoms with Crippen LogP contribution in [0, 0.1) is 0 Å². The third kappa shape index (κ3) is 3.15. The largest absolute Gasteiger partial charge is 0.478 e. The van der Waals surface area contributed by atoms with Crippen molar-refractivity contribution in [3.05, 3.63) is 89.8 Å². The third-order valence-electron chi connectivity index (χ3n) is 4.15.